The van der Waals surface area contributed by atoms with E-state index in [0.717, 1.165) is 42.0 Å². The molecule has 2 aromatic heterocycles. The lowest BCUT2D eigenvalue weighted by molar-refractivity contribution is -0.137. The Hall–Kier alpha value is -2.45. The molecule has 0 radical (unpaired) electrons. The molecule has 0 atom stereocenters. The topological polar surface area (TPSA) is 66.4 Å². The third-order valence-electron chi connectivity index (χ3n) is 7.18. The highest BCUT2D eigenvalue weighted by molar-refractivity contribution is 7.89. The quantitative estimate of drug-likeness (QED) is 0.384. The van der Waals surface area contributed by atoms with Crippen molar-refractivity contribution in [1.29, 1.82) is 0 Å². The molecule has 0 bridgehead atoms. The number of sulfonamides is 1. The van der Waals surface area contributed by atoms with Crippen molar-refractivity contribution in [1.82, 2.24) is 14.3 Å². The minimum Gasteiger partial charge on any atom is -0.355 e. The van der Waals surface area contributed by atoms with Gasteiger partial charge in [0.15, 0.2) is 0 Å². The van der Waals surface area contributed by atoms with E-state index in [0.29, 0.717) is 42.0 Å². The molecule has 1 aliphatic heterocycles. The molecule has 0 unspecified atom stereocenters. The fourth-order valence-electron chi connectivity index (χ4n) is 5.25. The Balaban J connectivity index is 1.27. The lowest BCUT2D eigenvalue weighted by Crippen LogP contribution is -2.52. The van der Waals surface area contributed by atoms with Gasteiger partial charge in [0.1, 0.15) is 17.0 Å². The highest BCUT2D eigenvalue weighted by atomic mass is 32.2. The van der Waals surface area contributed by atoms with E-state index in [9.17, 15) is 34.8 Å². The molecule has 0 amide bonds. The maximum absolute atomic E-state index is 13.0. The molecule has 3 heterocycles. The first kappa shape index (κ1) is 26.2. The van der Waals surface area contributed by atoms with Crippen LogP contribution in [0.25, 0.3) is 10.2 Å². The average molecular weight is 565 g/mol. The number of aromatic nitrogens is 2. The predicted molar refractivity (Wildman–Crippen MR) is 126 cm³/mol. The largest absolute Gasteiger partial charge is 0.416 e. The lowest BCUT2D eigenvalue weighted by Gasteiger charge is -2.48. The summed E-state index contributed by atoms with van der Waals surface area (Å²) < 4.78 is 104. The Morgan fingerprint density at radius 2 is 1.78 bits per heavy atom. The third kappa shape index (κ3) is 5.02. The molecular formula is C23H22F6N4O2S2. The van der Waals surface area contributed by atoms with Gasteiger partial charge < -0.3 is 4.90 Å². The van der Waals surface area contributed by atoms with Crippen LogP contribution in [0.4, 0.5) is 32.2 Å². The second-order valence-electron chi connectivity index (χ2n) is 9.70. The van der Waals surface area contributed by atoms with Crippen LogP contribution in [0.1, 0.15) is 29.7 Å². The first-order valence-corrected chi connectivity index (χ1v) is 13.6. The predicted octanol–water partition coefficient (Wildman–Crippen LogP) is 5.49. The Labute approximate surface area is 213 Å². The van der Waals surface area contributed by atoms with Crippen LogP contribution in [0.5, 0.6) is 0 Å². The van der Waals surface area contributed by atoms with Crippen molar-refractivity contribution in [2.75, 3.05) is 25.0 Å². The van der Waals surface area contributed by atoms with Gasteiger partial charge in [-0.1, -0.05) is 0 Å². The summed E-state index contributed by atoms with van der Waals surface area (Å²) in [5.41, 5.74) is -1.09. The summed E-state index contributed by atoms with van der Waals surface area (Å²) in [7, 11) is -2.54. The summed E-state index contributed by atoms with van der Waals surface area (Å²) >= 11 is 0.990. The molecule has 1 aromatic carbocycles. The van der Waals surface area contributed by atoms with E-state index in [1.165, 1.54) is 23.7 Å². The van der Waals surface area contributed by atoms with Crippen LogP contribution in [-0.4, -0.2) is 55.0 Å². The van der Waals surface area contributed by atoms with Crippen molar-refractivity contribution in [2.24, 2.45) is 5.41 Å². The molecular weight excluding hydrogens is 542 g/mol. The number of hydrogen-bond acceptors (Lipinski definition) is 6. The van der Waals surface area contributed by atoms with E-state index in [-0.39, 0.29) is 21.2 Å². The second kappa shape index (κ2) is 8.80. The normalized spacial score (nSPS) is 22.8. The van der Waals surface area contributed by atoms with Gasteiger partial charge in [-0.2, -0.15) is 30.6 Å². The van der Waals surface area contributed by atoms with Gasteiger partial charge in [0.25, 0.3) is 0 Å². The van der Waals surface area contributed by atoms with Gasteiger partial charge in [0, 0.05) is 31.1 Å². The van der Waals surface area contributed by atoms with Crippen molar-refractivity contribution >= 4 is 37.4 Å². The first-order chi connectivity index (χ1) is 17.2. The van der Waals surface area contributed by atoms with Gasteiger partial charge in [-0.05, 0) is 55.0 Å². The molecule has 6 nitrogen and oxygen atoms in total. The molecule has 1 spiro atoms. The minimum atomic E-state index is -4.55. The smallest absolute Gasteiger partial charge is 0.355 e. The number of anilines is 1. The summed E-state index contributed by atoms with van der Waals surface area (Å²) in [4.78, 5) is 10.9. The zero-order chi connectivity index (χ0) is 26.8. The highest BCUT2D eigenvalue weighted by Gasteiger charge is 2.52. The maximum Gasteiger partial charge on any atom is 0.416 e. The van der Waals surface area contributed by atoms with Crippen molar-refractivity contribution in [2.45, 2.75) is 49.0 Å². The number of halogens is 6. The first-order valence-electron chi connectivity index (χ1n) is 11.4. The summed E-state index contributed by atoms with van der Waals surface area (Å²) in [6.45, 7) is 1.20. The van der Waals surface area contributed by atoms with Gasteiger partial charge in [0.05, 0.1) is 22.3 Å². The summed E-state index contributed by atoms with van der Waals surface area (Å²) in [6.07, 6.45) is -6.67. The van der Waals surface area contributed by atoms with Gasteiger partial charge in [-0.25, -0.2) is 18.4 Å². The van der Waals surface area contributed by atoms with E-state index < -0.39 is 34.4 Å². The van der Waals surface area contributed by atoms with E-state index in [2.05, 4.69) is 9.97 Å². The summed E-state index contributed by atoms with van der Waals surface area (Å²) in [5.74, 6) is 0.570. The van der Waals surface area contributed by atoms with Crippen LogP contribution in [0.15, 0.2) is 41.6 Å². The zero-order valence-electron chi connectivity index (χ0n) is 19.5. The van der Waals surface area contributed by atoms with Crippen LogP contribution >= 0.6 is 11.3 Å². The molecule has 200 valence electrons. The van der Waals surface area contributed by atoms with E-state index >= 15 is 0 Å². The molecule has 3 aromatic rings. The summed E-state index contributed by atoms with van der Waals surface area (Å²) in [5, 5.41) is 0.571. The molecule has 1 aliphatic carbocycles. The van der Waals surface area contributed by atoms with Gasteiger partial charge in [-0.3, -0.25) is 0 Å². The molecule has 2 aliphatic rings. The standard InChI is InChI=1S/C23H22F6N4O2S2/c1-32(37(34,35)17-4-2-14(3-5-17)23(27,28)29)15-9-21(10-15)6-7-33(12-21)19-18-8-16(11-22(24,25)26)36-20(18)31-13-30-19/h2-5,8,13,15H,6-7,9-12H2,1H3. The molecule has 1 saturated heterocycles. The van der Waals surface area contributed by atoms with Gasteiger partial charge in [-0.15, -0.1) is 11.3 Å². The van der Waals surface area contributed by atoms with Crippen LogP contribution < -0.4 is 4.90 Å². The Kier molecular flexibility index (Phi) is 6.23. The van der Waals surface area contributed by atoms with E-state index in [4.69, 9.17) is 0 Å². The van der Waals surface area contributed by atoms with E-state index in [1.807, 2.05) is 4.90 Å². The van der Waals surface area contributed by atoms with Crippen LogP contribution in [0.3, 0.4) is 0 Å². The van der Waals surface area contributed by atoms with Gasteiger partial charge >= 0.3 is 12.4 Å². The number of fused-ring (bicyclic) bond motifs is 1. The SMILES string of the molecule is CN(C1CC2(CCN(c3ncnc4sc(CC(F)(F)F)cc34)C2)C1)S(=O)(=O)c1ccc(C(F)(F)F)cc1. The van der Waals surface area contributed by atoms with Gasteiger partial charge in [0.2, 0.25) is 10.0 Å². The highest BCUT2D eigenvalue weighted by Crippen LogP contribution is 2.52. The van der Waals surface area contributed by atoms with Crippen LogP contribution in [-0.2, 0) is 22.6 Å². The Bertz CT molecular complexity index is 1410. The maximum atomic E-state index is 13.0. The average Bonchev–Trinajstić information content (AvgIpc) is 3.40. The fraction of sp³-hybridized carbons (Fsp3) is 0.478. The Morgan fingerprint density at radius 3 is 2.41 bits per heavy atom. The molecule has 5 rings (SSSR count). The Morgan fingerprint density at radius 1 is 1.11 bits per heavy atom. The summed E-state index contributed by atoms with van der Waals surface area (Å²) in [6, 6.07) is 4.62. The minimum absolute atomic E-state index is 0.164. The number of alkyl halides is 6. The third-order valence-corrected chi connectivity index (χ3v) is 10.1. The number of rotatable bonds is 5. The number of thiophene rings is 1. The van der Waals surface area contributed by atoms with Crippen LogP contribution in [0.2, 0.25) is 0 Å². The monoisotopic (exact) mass is 564 g/mol. The van der Waals surface area contributed by atoms with Crippen molar-refractivity contribution in [3.8, 4) is 0 Å². The zero-order valence-corrected chi connectivity index (χ0v) is 21.1. The second-order valence-corrected chi connectivity index (χ2v) is 12.8. The van der Waals surface area contributed by atoms with Crippen molar-refractivity contribution in [3.05, 3.63) is 47.1 Å². The van der Waals surface area contributed by atoms with Crippen molar-refractivity contribution in [3.63, 3.8) is 0 Å². The number of nitrogens with zero attached hydrogens (tertiary/aromatic N) is 4. The lowest BCUT2D eigenvalue weighted by atomic mass is 9.65. The molecule has 0 N–H and O–H groups in total. The fourth-order valence-corrected chi connectivity index (χ4v) is 7.63. The number of hydrogen-bond donors (Lipinski definition) is 0. The van der Waals surface area contributed by atoms with Crippen LogP contribution in [0, 0.1) is 5.41 Å². The van der Waals surface area contributed by atoms with E-state index in [1.54, 1.807) is 0 Å². The molecule has 14 heteroatoms. The molecule has 37 heavy (non-hydrogen) atoms. The molecule has 2 fully saturated rings. The number of benzene rings is 1. The molecule has 1 saturated carbocycles. The van der Waals surface area contributed by atoms with Crippen molar-refractivity contribution < 1.29 is 34.8 Å².